The Labute approximate surface area is 143 Å². The van der Waals surface area contributed by atoms with Gasteiger partial charge in [0.2, 0.25) is 0 Å². The van der Waals surface area contributed by atoms with Crippen molar-refractivity contribution in [1.29, 1.82) is 0 Å². The first kappa shape index (κ1) is 18.8. The first-order valence-electron chi connectivity index (χ1n) is 7.62. The highest BCUT2D eigenvalue weighted by molar-refractivity contribution is 7.82. The van der Waals surface area contributed by atoms with Gasteiger partial charge in [-0.15, -0.1) is 6.58 Å². The van der Waals surface area contributed by atoms with Crippen LogP contribution >= 0.6 is 0 Å². The van der Waals surface area contributed by atoms with E-state index >= 15 is 0 Å². The Kier molecular flexibility index (Phi) is 5.27. The van der Waals surface area contributed by atoms with Crippen LogP contribution in [0, 0.1) is 6.92 Å². The molecule has 0 amide bonds. The minimum Gasteiger partial charge on any atom is -0.496 e. The average molecular weight is 356 g/mol. The van der Waals surface area contributed by atoms with Crippen LogP contribution in [-0.2, 0) is 18.8 Å². The van der Waals surface area contributed by atoms with Gasteiger partial charge in [0.1, 0.15) is 23.2 Å². The topological polar surface area (TPSA) is 71.1 Å². The van der Waals surface area contributed by atoms with E-state index in [1.54, 1.807) is 34.1 Å². The van der Waals surface area contributed by atoms with Crippen molar-refractivity contribution in [2.45, 2.75) is 44.8 Å². The van der Waals surface area contributed by atoms with Gasteiger partial charge in [-0.1, -0.05) is 6.08 Å². The normalized spacial score (nSPS) is 22.8. The molecule has 1 aromatic carbocycles. The van der Waals surface area contributed by atoms with Gasteiger partial charge >= 0.3 is 10.4 Å². The summed E-state index contributed by atoms with van der Waals surface area (Å²) in [7, 11) is -0.771. The monoisotopic (exact) mass is 356 g/mol. The first-order valence-corrected chi connectivity index (χ1v) is 8.95. The van der Waals surface area contributed by atoms with Gasteiger partial charge in [-0.25, -0.2) is 8.37 Å². The van der Waals surface area contributed by atoms with Crippen LogP contribution in [0.3, 0.4) is 0 Å². The molecule has 6 nitrogen and oxygen atoms in total. The van der Waals surface area contributed by atoms with E-state index in [4.69, 9.17) is 17.8 Å². The van der Waals surface area contributed by atoms with Crippen LogP contribution in [-0.4, -0.2) is 34.3 Å². The van der Waals surface area contributed by atoms with E-state index in [0.29, 0.717) is 12.2 Å². The zero-order valence-corrected chi connectivity index (χ0v) is 15.5. The average Bonchev–Trinajstić information content (AvgIpc) is 2.71. The Morgan fingerprint density at radius 3 is 2.38 bits per heavy atom. The maximum Gasteiger partial charge on any atom is 0.400 e. The van der Waals surface area contributed by atoms with Gasteiger partial charge in [0.15, 0.2) is 0 Å². The summed E-state index contributed by atoms with van der Waals surface area (Å²) in [5, 5.41) is 0. The van der Waals surface area contributed by atoms with E-state index in [9.17, 15) is 8.42 Å². The molecular weight excluding hydrogens is 332 g/mol. The Bertz CT molecular complexity index is 723. The summed E-state index contributed by atoms with van der Waals surface area (Å²) in [5.41, 5.74) is 0.866. The molecule has 1 aromatic rings. The third-order valence-corrected chi connectivity index (χ3v) is 5.33. The standard InChI is InChI=1S/C17H24O6S/c1-7-12(9-16-17(3,4)23-24(18,19)22-16)13-10-14(20-5)11(2)8-15(13)21-6/h7-8,10,12,16H,1,9H2,2-6H3/t12-,16-/m0/s1. The summed E-state index contributed by atoms with van der Waals surface area (Å²) < 4.78 is 44.2. The maximum atomic E-state index is 11.6. The smallest absolute Gasteiger partial charge is 0.400 e. The number of rotatable bonds is 6. The van der Waals surface area contributed by atoms with Crippen molar-refractivity contribution in [1.82, 2.24) is 0 Å². The lowest BCUT2D eigenvalue weighted by atomic mass is 9.86. The lowest BCUT2D eigenvalue weighted by molar-refractivity contribution is 0.0654. The van der Waals surface area contributed by atoms with Crippen LogP contribution in [0.15, 0.2) is 24.8 Å². The number of hydrogen-bond acceptors (Lipinski definition) is 6. The van der Waals surface area contributed by atoms with Gasteiger partial charge in [0.05, 0.1) is 14.2 Å². The highest BCUT2D eigenvalue weighted by atomic mass is 32.3. The van der Waals surface area contributed by atoms with Crippen molar-refractivity contribution in [2.75, 3.05) is 14.2 Å². The Hall–Kier alpha value is -1.57. The fraction of sp³-hybridized carbons (Fsp3) is 0.529. The Morgan fingerprint density at radius 2 is 1.92 bits per heavy atom. The molecule has 1 heterocycles. The summed E-state index contributed by atoms with van der Waals surface area (Å²) in [4.78, 5) is 0. The predicted octanol–water partition coefficient (Wildman–Crippen LogP) is 3.11. The molecule has 2 rings (SSSR count). The van der Waals surface area contributed by atoms with E-state index in [1.165, 1.54) is 0 Å². The molecule has 0 N–H and O–H groups in total. The number of allylic oxidation sites excluding steroid dienone is 1. The van der Waals surface area contributed by atoms with Crippen molar-refractivity contribution in [3.8, 4) is 11.5 Å². The van der Waals surface area contributed by atoms with Crippen LogP contribution in [0.5, 0.6) is 11.5 Å². The highest BCUT2D eigenvalue weighted by Crippen LogP contribution is 2.41. The van der Waals surface area contributed by atoms with E-state index in [2.05, 4.69) is 6.58 Å². The second kappa shape index (κ2) is 6.74. The molecule has 0 unspecified atom stereocenters. The SMILES string of the molecule is C=C[C@@H](C[C@@H]1OS(=O)(=O)OC1(C)C)c1cc(OC)c(C)cc1OC. The van der Waals surface area contributed by atoms with Crippen molar-refractivity contribution in [2.24, 2.45) is 0 Å². The minimum absolute atomic E-state index is 0.185. The molecule has 0 saturated carbocycles. The highest BCUT2D eigenvalue weighted by Gasteiger charge is 2.47. The molecule has 134 valence electrons. The van der Waals surface area contributed by atoms with Gasteiger partial charge in [0.25, 0.3) is 0 Å². The fourth-order valence-corrected chi connectivity index (χ4v) is 4.13. The molecule has 1 aliphatic rings. The zero-order valence-electron chi connectivity index (χ0n) is 14.7. The first-order chi connectivity index (χ1) is 11.1. The van der Waals surface area contributed by atoms with Crippen molar-refractivity contribution in [3.63, 3.8) is 0 Å². The van der Waals surface area contributed by atoms with Crippen molar-refractivity contribution >= 4 is 10.4 Å². The van der Waals surface area contributed by atoms with Gasteiger partial charge < -0.3 is 9.47 Å². The van der Waals surface area contributed by atoms with E-state index < -0.39 is 22.1 Å². The maximum absolute atomic E-state index is 11.6. The van der Waals surface area contributed by atoms with Crippen LogP contribution in [0.2, 0.25) is 0 Å². The number of ether oxygens (including phenoxy) is 2. The molecule has 0 radical (unpaired) electrons. The van der Waals surface area contributed by atoms with Crippen molar-refractivity contribution < 1.29 is 26.3 Å². The van der Waals surface area contributed by atoms with Crippen LogP contribution < -0.4 is 9.47 Å². The molecule has 1 aliphatic heterocycles. The third kappa shape index (κ3) is 3.74. The summed E-state index contributed by atoms with van der Waals surface area (Å²) >= 11 is 0. The molecule has 0 bridgehead atoms. The number of benzene rings is 1. The second-order valence-electron chi connectivity index (χ2n) is 6.32. The van der Waals surface area contributed by atoms with Crippen LogP contribution in [0.1, 0.15) is 37.3 Å². The molecular formula is C17H24O6S. The van der Waals surface area contributed by atoms with Gasteiger partial charge in [-0.05, 0) is 44.9 Å². The quantitative estimate of drug-likeness (QED) is 0.730. The lowest BCUT2D eigenvalue weighted by Gasteiger charge is -2.25. The zero-order chi connectivity index (χ0) is 18.1. The largest absolute Gasteiger partial charge is 0.496 e. The van der Waals surface area contributed by atoms with Crippen LogP contribution in [0.25, 0.3) is 0 Å². The molecule has 0 aromatic heterocycles. The van der Waals surface area contributed by atoms with Gasteiger partial charge in [-0.3, -0.25) is 0 Å². The third-order valence-electron chi connectivity index (χ3n) is 4.23. The Balaban J connectivity index is 2.37. The van der Waals surface area contributed by atoms with Crippen molar-refractivity contribution in [3.05, 3.63) is 35.9 Å². The van der Waals surface area contributed by atoms with Gasteiger partial charge in [-0.2, -0.15) is 8.42 Å². The summed E-state index contributed by atoms with van der Waals surface area (Å²) in [5.74, 6) is 1.24. The van der Waals surface area contributed by atoms with E-state index in [1.807, 2.05) is 19.1 Å². The predicted molar refractivity (Wildman–Crippen MR) is 90.8 cm³/mol. The van der Waals surface area contributed by atoms with Crippen LogP contribution in [0.4, 0.5) is 0 Å². The molecule has 1 fully saturated rings. The molecule has 0 aliphatic carbocycles. The molecule has 0 spiro atoms. The molecule has 24 heavy (non-hydrogen) atoms. The fourth-order valence-electron chi connectivity index (χ4n) is 2.86. The minimum atomic E-state index is -3.96. The summed E-state index contributed by atoms with van der Waals surface area (Å²) in [6, 6.07) is 3.77. The Morgan fingerprint density at radius 1 is 1.29 bits per heavy atom. The molecule has 1 saturated heterocycles. The van der Waals surface area contributed by atoms with E-state index in [-0.39, 0.29) is 5.92 Å². The molecule has 2 atom stereocenters. The number of aryl methyl sites for hydroxylation is 1. The second-order valence-corrected chi connectivity index (χ2v) is 7.50. The van der Waals surface area contributed by atoms with E-state index in [0.717, 1.165) is 16.9 Å². The summed E-state index contributed by atoms with van der Waals surface area (Å²) in [6.45, 7) is 9.18. The van der Waals surface area contributed by atoms with Gasteiger partial charge in [0, 0.05) is 11.5 Å². The number of hydrogen-bond donors (Lipinski definition) is 0. The lowest BCUT2D eigenvalue weighted by Crippen LogP contribution is -2.34. The summed E-state index contributed by atoms with van der Waals surface area (Å²) in [6.07, 6.45) is 1.51. The molecule has 7 heteroatoms. The number of methoxy groups -OCH3 is 2.